The van der Waals surface area contributed by atoms with Gasteiger partial charge in [-0.2, -0.15) is 10.2 Å². The molecule has 0 unspecified atom stereocenters. The number of hydrogen-bond acceptors (Lipinski definition) is 6. The number of para-hydroxylation sites is 1. The highest BCUT2D eigenvalue weighted by Crippen LogP contribution is 2.32. The molecule has 3 rings (SSSR count). The molecular formula is C22H24N4O2. The van der Waals surface area contributed by atoms with Gasteiger partial charge in [-0.05, 0) is 48.0 Å². The minimum Gasteiger partial charge on any atom is -0.399 e. The van der Waals surface area contributed by atoms with E-state index in [0.29, 0.717) is 18.8 Å². The van der Waals surface area contributed by atoms with Crippen molar-refractivity contribution in [3.05, 3.63) is 72.8 Å². The number of rotatable bonds is 8. The summed E-state index contributed by atoms with van der Waals surface area (Å²) in [4.78, 5) is 1.98. The van der Waals surface area contributed by atoms with E-state index in [1.165, 1.54) is 0 Å². The van der Waals surface area contributed by atoms with Gasteiger partial charge in [0.15, 0.2) is 0 Å². The lowest BCUT2D eigenvalue weighted by atomic mass is 10.0. The smallest absolute Gasteiger partial charge is 0.0858 e. The van der Waals surface area contributed by atoms with Gasteiger partial charge in [-0.1, -0.05) is 30.3 Å². The number of nitrogens with two attached hydrogens (primary N) is 1. The Hall–Kier alpha value is -3.22. The van der Waals surface area contributed by atoms with Gasteiger partial charge in [0, 0.05) is 30.0 Å². The van der Waals surface area contributed by atoms with Gasteiger partial charge < -0.3 is 20.8 Å². The van der Waals surface area contributed by atoms with Crippen LogP contribution in [0, 0.1) is 0 Å². The van der Waals surface area contributed by atoms with Crippen LogP contribution >= 0.6 is 0 Å². The third kappa shape index (κ3) is 4.94. The summed E-state index contributed by atoms with van der Waals surface area (Å²) in [6.45, 7) is 0.981. The number of aliphatic hydroxyl groups excluding tert-OH is 2. The van der Waals surface area contributed by atoms with Crippen molar-refractivity contribution in [2.45, 2.75) is 0 Å². The van der Waals surface area contributed by atoms with E-state index in [0.717, 1.165) is 28.2 Å². The molecule has 0 atom stereocenters. The Bertz CT molecular complexity index is 903. The second-order valence-corrected chi connectivity index (χ2v) is 6.29. The molecule has 144 valence electrons. The van der Waals surface area contributed by atoms with Crippen LogP contribution in [0.25, 0.3) is 11.1 Å². The van der Waals surface area contributed by atoms with Crippen molar-refractivity contribution in [3.8, 4) is 11.1 Å². The number of nitrogen functional groups attached to an aromatic ring is 1. The molecule has 0 aliphatic rings. The van der Waals surface area contributed by atoms with Gasteiger partial charge in [0.2, 0.25) is 0 Å². The fourth-order valence-corrected chi connectivity index (χ4v) is 2.95. The largest absolute Gasteiger partial charge is 0.399 e. The summed E-state index contributed by atoms with van der Waals surface area (Å²) in [5.41, 5.74) is 10.9. The van der Waals surface area contributed by atoms with Gasteiger partial charge in [-0.3, -0.25) is 0 Å². The van der Waals surface area contributed by atoms with Crippen molar-refractivity contribution < 1.29 is 10.2 Å². The Morgan fingerprint density at radius 3 is 1.82 bits per heavy atom. The fourth-order valence-electron chi connectivity index (χ4n) is 2.95. The van der Waals surface area contributed by atoms with Crippen molar-refractivity contribution in [1.82, 2.24) is 0 Å². The molecule has 0 amide bonds. The molecule has 28 heavy (non-hydrogen) atoms. The molecule has 0 aliphatic heterocycles. The molecule has 3 aromatic carbocycles. The average Bonchev–Trinajstić information content (AvgIpc) is 2.74. The van der Waals surface area contributed by atoms with Crippen LogP contribution in [0.5, 0.6) is 0 Å². The molecule has 0 saturated heterocycles. The van der Waals surface area contributed by atoms with Crippen LogP contribution < -0.4 is 10.6 Å². The van der Waals surface area contributed by atoms with Crippen LogP contribution in [0.2, 0.25) is 0 Å². The van der Waals surface area contributed by atoms with Crippen LogP contribution in [0.1, 0.15) is 0 Å². The third-order valence-corrected chi connectivity index (χ3v) is 4.34. The maximum atomic E-state index is 9.34. The first-order valence-corrected chi connectivity index (χ1v) is 9.14. The summed E-state index contributed by atoms with van der Waals surface area (Å²) in [5.74, 6) is 0. The summed E-state index contributed by atoms with van der Waals surface area (Å²) in [6.07, 6.45) is 0. The molecule has 4 N–H and O–H groups in total. The number of nitrogens with zero attached hydrogens (tertiary/aromatic N) is 3. The molecule has 6 nitrogen and oxygen atoms in total. The lowest BCUT2D eigenvalue weighted by molar-refractivity contribution is 0.281. The van der Waals surface area contributed by atoms with E-state index < -0.39 is 0 Å². The maximum Gasteiger partial charge on any atom is 0.0858 e. The van der Waals surface area contributed by atoms with Gasteiger partial charge in [0.1, 0.15) is 0 Å². The molecule has 3 aromatic rings. The van der Waals surface area contributed by atoms with Crippen LogP contribution in [0.3, 0.4) is 0 Å². The molecule has 0 heterocycles. The zero-order chi connectivity index (χ0) is 19.8. The van der Waals surface area contributed by atoms with Crippen molar-refractivity contribution in [2.24, 2.45) is 10.2 Å². The van der Waals surface area contributed by atoms with Crippen molar-refractivity contribution in [2.75, 3.05) is 36.9 Å². The second-order valence-electron chi connectivity index (χ2n) is 6.29. The molecule has 6 heteroatoms. The van der Waals surface area contributed by atoms with Crippen LogP contribution in [0.4, 0.5) is 22.7 Å². The molecule has 0 aliphatic carbocycles. The molecule has 0 saturated carbocycles. The summed E-state index contributed by atoms with van der Waals surface area (Å²) < 4.78 is 0. The molecule has 0 fully saturated rings. The van der Waals surface area contributed by atoms with E-state index in [1.54, 1.807) is 12.1 Å². The predicted molar refractivity (Wildman–Crippen MR) is 113 cm³/mol. The Balaban J connectivity index is 1.82. The lowest BCUT2D eigenvalue weighted by Gasteiger charge is -2.25. The van der Waals surface area contributed by atoms with Gasteiger partial charge in [0.05, 0.1) is 24.6 Å². The Morgan fingerprint density at radius 2 is 1.25 bits per heavy atom. The normalized spacial score (nSPS) is 11.1. The van der Waals surface area contributed by atoms with Crippen LogP contribution in [0.15, 0.2) is 83.0 Å². The molecule has 0 bridgehead atoms. The van der Waals surface area contributed by atoms with E-state index >= 15 is 0 Å². The van der Waals surface area contributed by atoms with Crippen LogP contribution in [-0.2, 0) is 0 Å². The predicted octanol–water partition coefficient (Wildman–Crippen LogP) is 4.14. The maximum absolute atomic E-state index is 9.34. The van der Waals surface area contributed by atoms with Gasteiger partial charge in [-0.15, -0.1) is 0 Å². The van der Waals surface area contributed by atoms with Crippen molar-refractivity contribution in [3.63, 3.8) is 0 Å². The highest BCUT2D eigenvalue weighted by molar-refractivity contribution is 5.79. The first-order chi connectivity index (χ1) is 13.7. The van der Waals surface area contributed by atoms with Gasteiger partial charge >= 0.3 is 0 Å². The molecule has 0 spiro atoms. The van der Waals surface area contributed by atoms with Gasteiger partial charge in [-0.25, -0.2) is 0 Å². The standard InChI is InChI=1S/C22H24N4O2/c23-18-7-11-20(12-8-18)25-24-19-9-5-17(6-10-19)21-3-1-2-4-22(21)26(13-15-27)14-16-28/h1-12,27-28H,13-16,23H2/b25-24+. The summed E-state index contributed by atoms with van der Waals surface area (Å²) in [5, 5.41) is 27.2. The van der Waals surface area contributed by atoms with Gasteiger partial charge in [0.25, 0.3) is 0 Å². The van der Waals surface area contributed by atoms with E-state index in [9.17, 15) is 10.2 Å². The lowest BCUT2D eigenvalue weighted by Crippen LogP contribution is -2.30. The molecular weight excluding hydrogens is 352 g/mol. The van der Waals surface area contributed by atoms with Crippen LogP contribution in [-0.4, -0.2) is 36.5 Å². The van der Waals surface area contributed by atoms with E-state index in [4.69, 9.17) is 5.73 Å². The van der Waals surface area contributed by atoms with Crippen molar-refractivity contribution in [1.29, 1.82) is 0 Å². The summed E-state index contributed by atoms with van der Waals surface area (Å²) in [7, 11) is 0. The first-order valence-electron chi connectivity index (χ1n) is 9.14. The second kappa shape index (κ2) is 9.64. The molecule has 0 radical (unpaired) electrons. The minimum atomic E-state index is 0.0266. The fraction of sp³-hybridized carbons (Fsp3) is 0.182. The quantitative estimate of drug-likeness (QED) is 0.407. The van der Waals surface area contributed by atoms with E-state index in [-0.39, 0.29) is 13.2 Å². The number of aliphatic hydroxyl groups is 2. The zero-order valence-corrected chi connectivity index (χ0v) is 15.6. The molecule has 0 aromatic heterocycles. The minimum absolute atomic E-state index is 0.0266. The first kappa shape index (κ1) is 19.5. The highest BCUT2D eigenvalue weighted by atomic mass is 16.3. The third-order valence-electron chi connectivity index (χ3n) is 4.34. The monoisotopic (exact) mass is 376 g/mol. The van der Waals surface area contributed by atoms with E-state index in [2.05, 4.69) is 10.2 Å². The number of hydrogen-bond donors (Lipinski definition) is 3. The Morgan fingerprint density at radius 1 is 0.714 bits per heavy atom. The van der Waals surface area contributed by atoms with E-state index in [1.807, 2.05) is 65.6 Å². The highest BCUT2D eigenvalue weighted by Gasteiger charge is 2.11. The Kier molecular flexibility index (Phi) is 6.73. The Labute approximate surface area is 164 Å². The number of benzene rings is 3. The topological polar surface area (TPSA) is 94.4 Å². The number of anilines is 2. The summed E-state index contributed by atoms with van der Waals surface area (Å²) >= 11 is 0. The average molecular weight is 376 g/mol. The number of azo groups is 1. The summed E-state index contributed by atoms with van der Waals surface area (Å²) in [6, 6.07) is 23.0. The zero-order valence-electron chi connectivity index (χ0n) is 15.6. The SMILES string of the molecule is Nc1ccc(/N=N/c2ccc(-c3ccccc3N(CCO)CCO)cc2)cc1. The van der Waals surface area contributed by atoms with Crippen molar-refractivity contribution >= 4 is 22.7 Å².